The number of hydrogen-bond donors (Lipinski definition) is 3. The molecule has 0 aliphatic heterocycles. The fourth-order valence-electron chi connectivity index (χ4n) is 0. The average molecular weight is 57.8 g/mol. The first-order valence-corrected chi connectivity index (χ1v) is 0.801. The first kappa shape index (κ1) is 3.62. The van der Waals surface area contributed by atoms with Crippen LogP contribution >= 0.6 is 0 Å². The van der Waals surface area contributed by atoms with E-state index >= 15 is 0 Å². The molecule has 4 heteroatoms. The van der Waals surface area contributed by atoms with Crippen LogP contribution in [0.15, 0.2) is 0 Å². The van der Waals surface area contributed by atoms with Gasteiger partial charge in [-0.2, -0.15) is 0 Å². The normalized spacial score (nSPS) is 4.25. The molecule has 0 aliphatic carbocycles. The van der Waals surface area contributed by atoms with Crippen molar-refractivity contribution in [3.05, 3.63) is 0 Å². The summed E-state index contributed by atoms with van der Waals surface area (Å²) in [6, 6.07) is 0. The van der Waals surface area contributed by atoms with Gasteiger partial charge in [0.25, 0.3) is 0 Å². The molecule has 3 N–H and O–H groups in total. The minimum atomic E-state index is 0.681. The van der Waals surface area contributed by atoms with Crippen LogP contribution in [-0.4, -0.2) is 12.4 Å². The third-order valence-electron chi connectivity index (χ3n) is 0.0645. The second-order valence-electron chi connectivity index (χ2n) is 0.273. The van der Waals surface area contributed by atoms with Gasteiger partial charge in [0, 0.05) is 0 Å². The molecule has 0 aromatic carbocycles. The van der Waals surface area contributed by atoms with E-state index in [1.807, 2.05) is 0 Å². The Morgan fingerprint density at radius 2 is 2.25 bits per heavy atom. The monoisotopic (exact) mass is 58.0 g/mol. The first-order chi connectivity index (χ1) is 1.91. The summed E-state index contributed by atoms with van der Waals surface area (Å²) in [6.07, 6.45) is 0. The third-order valence-corrected chi connectivity index (χ3v) is 0.0645. The molecule has 0 rings (SSSR count). The van der Waals surface area contributed by atoms with Crippen molar-refractivity contribution in [3.8, 4) is 0 Å². The standard InChI is InChI=1S/BH3N2O/c2-1-3-4/h2-4H. The zero-order valence-electron chi connectivity index (χ0n) is 2.02. The molecule has 0 amide bonds. The van der Waals surface area contributed by atoms with Crippen molar-refractivity contribution < 1.29 is 5.21 Å². The summed E-state index contributed by atoms with van der Waals surface area (Å²) >= 11 is 0. The van der Waals surface area contributed by atoms with Crippen LogP contribution < -0.4 is 5.39 Å². The molecule has 22 valence electrons. The number of hydrogen-bond acceptors (Lipinski definition) is 2. The van der Waals surface area contributed by atoms with Gasteiger partial charge in [0.1, 0.15) is 0 Å². The van der Waals surface area contributed by atoms with E-state index in [-0.39, 0.29) is 0 Å². The van der Waals surface area contributed by atoms with Gasteiger partial charge < -0.3 is 0 Å². The molecule has 0 saturated carbocycles. The van der Waals surface area contributed by atoms with Crippen molar-refractivity contribution in [3.63, 3.8) is 0 Å². The molecule has 0 radical (unpaired) electrons. The van der Waals surface area contributed by atoms with Crippen LogP contribution in [0.2, 0.25) is 0 Å². The molecule has 0 aromatic heterocycles. The van der Waals surface area contributed by atoms with Crippen molar-refractivity contribution >= 4 is 7.21 Å². The van der Waals surface area contributed by atoms with Gasteiger partial charge in [-0.1, -0.05) is 0 Å². The summed E-state index contributed by atoms with van der Waals surface area (Å²) in [5, 5.41) is 14.8. The molecule has 0 heterocycles. The van der Waals surface area contributed by atoms with Crippen LogP contribution in [-0.2, 0) is 0 Å². The van der Waals surface area contributed by atoms with E-state index in [1.54, 1.807) is 0 Å². The van der Waals surface area contributed by atoms with Gasteiger partial charge in [-0.05, 0) is 0 Å². The Kier molecular flexibility index (Phi) is 2.38. The molecular formula is H3BN2O. The van der Waals surface area contributed by atoms with E-state index in [4.69, 9.17) is 10.5 Å². The first-order valence-electron chi connectivity index (χ1n) is 0.801. The van der Waals surface area contributed by atoms with Gasteiger partial charge in [0.2, 0.25) is 0 Å². The molecule has 0 bridgehead atoms. The topological polar surface area (TPSA) is 56.1 Å². The van der Waals surface area contributed by atoms with E-state index in [1.165, 1.54) is 5.39 Å². The SMILES string of the molecule is N=BNO. The fourth-order valence-corrected chi connectivity index (χ4v) is 0. The predicted molar refractivity (Wildman–Crippen MR) is 13.4 cm³/mol. The summed E-state index contributed by atoms with van der Waals surface area (Å²) in [6.45, 7) is 0. The minimum absolute atomic E-state index is 0.681. The Morgan fingerprint density at radius 1 is 2.00 bits per heavy atom. The maximum absolute atomic E-state index is 7.38. The summed E-state index contributed by atoms with van der Waals surface area (Å²) in [5.74, 6) is 0. The second kappa shape index (κ2) is 2.62. The van der Waals surface area contributed by atoms with E-state index in [9.17, 15) is 0 Å². The molecule has 0 spiro atoms. The molecule has 0 unspecified atom stereocenters. The van der Waals surface area contributed by atoms with Gasteiger partial charge in [-0.15, -0.1) is 0 Å². The van der Waals surface area contributed by atoms with Crippen molar-refractivity contribution in [1.82, 2.24) is 5.39 Å². The summed E-state index contributed by atoms with van der Waals surface area (Å²) in [5.41, 5.74) is 0. The molecular weight excluding hydrogens is 54.8 g/mol. The summed E-state index contributed by atoms with van der Waals surface area (Å²) in [7, 11) is 0.681. The summed E-state index contributed by atoms with van der Waals surface area (Å²) < 4.78 is 0. The second-order valence-corrected chi connectivity index (χ2v) is 0.273. The predicted octanol–water partition coefficient (Wildman–Crippen LogP) is -0.653. The van der Waals surface area contributed by atoms with Crippen LogP contribution in [0, 0.1) is 5.31 Å². The van der Waals surface area contributed by atoms with Crippen LogP contribution in [0.4, 0.5) is 0 Å². The number of nitrogens with one attached hydrogen (secondary N) is 2. The Balaban J connectivity index is 2.30. The van der Waals surface area contributed by atoms with E-state index in [0.717, 1.165) is 0 Å². The van der Waals surface area contributed by atoms with E-state index in [2.05, 4.69) is 0 Å². The van der Waals surface area contributed by atoms with E-state index in [0.29, 0.717) is 7.21 Å². The van der Waals surface area contributed by atoms with E-state index < -0.39 is 0 Å². The molecule has 3 nitrogen and oxygen atoms in total. The van der Waals surface area contributed by atoms with Crippen LogP contribution in [0.5, 0.6) is 0 Å². The van der Waals surface area contributed by atoms with Gasteiger partial charge >= 0.3 is 23.1 Å². The van der Waals surface area contributed by atoms with Crippen molar-refractivity contribution in [2.45, 2.75) is 0 Å². The zero-order valence-corrected chi connectivity index (χ0v) is 2.02. The maximum atomic E-state index is 7.38. The van der Waals surface area contributed by atoms with Gasteiger partial charge in [-0.3, -0.25) is 0 Å². The molecule has 0 aliphatic rings. The molecule has 0 aromatic rings. The van der Waals surface area contributed by atoms with Crippen LogP contribution in [0.25, 0.3) is 0 Å². The Labute approximate surface area is 24.4 Å². The Hall–Kier alpha value is -0.375. The van der Waals surface area contributed by atoms with Gasteiger partial charge in [-0.25, -0.2) is 0 Å². The third kappa shape index (κ3) is 1.62. The molecule has 0 fully saturated rings. The van der Waals surface area contributed by atoms with Crippen LogP contribution in [0.3, 0.4) is 0 Å². The van der Waals surface area contributed by atoms with Crippen molar-refractivity contribution in [2.24, 2.45) is 0 Å². The molecule has 4 heavy (non-hydrogen) atoms. The quantitative estimate of drug-likeness (QED) is 0.277. The Morgan fingerprint density at radius 3 is 2.25 bits per heavy atom. The van der Waals surface area contributed by atoms with Crippen molar-refractivity contribution in [2.75, 3.05) is 0 Å². The Bertz CT molecular complexity index is 20.0. The van der Waals surface area contributed by atoms with Crippen LogP contribution in [0.1, 0.15) is 0 Å². The molecule has 0 atom stereocenters. The van der Waals surface area contributed by atoms with Crippen molar-refractivity contribution in [1.29, 1.82) is 5.31 Å². The average Bonchev–Trinajstić information content (AvgIpc) is 1.37. The molecule has 0 saturated heterocycles. The zero-order chi connectivity index (χ0) is 3.41. The summed E-state index contributed by atoms with van der Waals surface area (Å²) in [4.78, 5) is 0. The number of rotatable bonds is 1. The van der Waals surface area contributed by atoms with Gasteiger partial charge in [0.15, 0.2) is 0 Å². The fraction of sp³-hybridized carbons (Fsp3) is 0. The van der Waals surface area contributed by atoms with Gasteiger partial charge in [0.05, 0.1) is 0 Å².